The monoisotopic (exact) mass is 530 g/mol. The van der Waals surface area contributed by atoms with Crippen molar-refractivity contribution in [3.05, 3.63) is 111 Å². The van der Waals surface area contributed by atoms with Crippen molar-refractivity contribution < 1.29 is 32.2 Å². The molecule has 2 amide bonds. The Bertz CT molecular complexity index is 1360. The van der Waals surface area contributed by atoms with E-state index in [9.17, 15) is 22.8 Å². The number of aryl methyl sites for hydroxylation is 1. The quantitative estimate of drug-likeness (QED) is 0.364. The molecule has 1 aliphatic heterocycles. The van der Waals surface area contributed by atoms with Gasteiger partial charge in [0.05, 0.1) is 18.7 Å². The van der Waals surface area contributed by atoms with Gasteiger partial charge in [-0.3, -0.25) is 0 Å². The Hall–Kier alpha value is -3.98. The second-order valence-electron chi connectivity index (χ2n) is 8.30. The molecule has 0 bridgehead atoms. The van der Waals surface area contributed by atoms with E-state index in [4.69, 9.17) is 21.1 Å². The van der Waals surface area contributed by atoms with Crippen molar-refractivity contribution in [3.8, 4) is 5.75 Å². The number of allylic oxidation sites excluding steroid dienone is 1. The van der Waals surface area contributed by atoms with Crippen molar-refractivity contribution in [2.24, 2.45) is 0 Å². The average Bonchev–Trinajstić information content (AvgIpc) is 2.85. The summed E-state index contributed by atoms with van der Waals surface area (Å²) in [6.07, 6.45) is 0.647. The molecule has 4 rings (SSSR count). The predicted molar refractivity (Wildman–Crippen MR) is 130 cm³/mol. The summed E-state index contributed by atoms with van der Waals surface area (Å²) < 4.78 is 52.0. The molecule has 0 fully saturated rings. The van der Waals surface area contributed by atoms with Crippen LogP contribution >= 0.6 is 11.6 Å². The van der Waals surface area contributed by atoms with Gasteiger partial charge in [-0.05, 0) is 65.9 Å². The molecule has 0 spiro atoms. The van der Waals surface area contributed by atoms with Crippen LogP contribution in [0.3, 0.4) is 0 Å². The van der Waals surface area contributed by atoms with Gasteiger partial charge in [0.1, 0.15) is 18.2 Å². The smallest absolute Gasteiger partial charge is 0.338 e. The fourth-order valence-corrected chi connectivity index (χ4v) is 4.26. The highest BCUT2D eigenvalue weighted by Crippen LogP contribution is 2.32. The van der Waals surface area contributed by atoms with Crippen LogP contribution in [-0.4, -0.2) is 19.1 Å². The van der Waals surface area contributed by atoms with Crippen LogP contribution in [0, 0.1) is 17.5 Å². The zero-order valence-electron chi connectivity index (χ0n) is 19.6. The molecule has 3 aromatic rings. The van der Waals surface area contributed by atoms with E-state index in [2.05, 4.69) is 10.6 Å². The first-order chi connectivity index (χ1) is 17.7. The highest BCUT2D eigenvalue weighted by atomic mass is 35.5. The lowest BCUT2D eigenvalue weighted by atomic mass is 9.93. The molecule has 37 heavy (non-hydrogen) atoms. The molecule has 2 N–H and O–H groups in total. The van der Waals surface area contributed by atoms with Crippen LogP contribution in [0.15, 0.2) is 71.9 Å². The lowest BCUT2D eigenvalue weighted by Gasteiger charge is -2.29. The molecule has 192 valence electrons. The van der Waals surface area contributed by atoms with E-state index >= 15 is 0 Å². The molecule has 0 saturated heterocycles. The van der Waals surface area contributed by atoms with Crippen LogP contribution < -0.4 is 15.4 Å². The van der Waals surface area contributed by atoms with Gasteiger partial charge in [0.25, 0.3) is 0 Å². The molecule has 0 radical (unpaired) electrons. The van der Waals surface area contributed by atoms with Crippen LogP contribution in [0.2, 0.25) is 5.02 Å². The summed E-state index contributed by atoms with van der Waals surface area (Å²) >= 11 is 6.07. The molecular formula is C27H22ClF3N2O4. The minimum Gasteiger partial charge on any atom is -0.494 e. The topological polar surface area (TPSA) is 76.7 Å². The van der Waals surface area contributed by atoms with E-state index in [1.807, 2.05) is 6.07 Å². The number of amides is 2. The molecule has 1 unspecified atom stereocenters. The number of ether oxygens (including phenoxy) is 2. The zero-order valence-corrected chi connectivity index (χ0v) is 20.4. The number of hydrogen-bond donors (Lipinski definition) is 2. The summed E-state index contributed by atoms with van der Waals surface area (Å²) in [5, 5.41) is 5.80. The van der Waals surface area contributed by atoms with Crippen LogP contribution in [-0.2, 0) is 22.6 Å². The van der Waals surface area contributed by atoms with Gasteiger partial charge in [-0.25, -0.2) is 22.8 Å². The number of halogens is 4. The van der Waals surface area contributed by atoms with Crippen molar-refractivity contribution in [3.63, 3.8) is 0 Å². The van der Waals surface area contributed by atoms with Gasteiger partial charge in [0.15, 0.2) is 11.6 Å². The molecule has 0 aliphatic carbocycles. The highest BCUT2D eigenvalue weighted by Gasteiger charge is 2.34. The molecule has 1 atom stereocenters. The molecule has 1 heterocycles. The van der Waals surface area contributed by atoms with Crippen molar-refractivity contribution in [2.75, 3.05) is 7.11 Å². The minimum atomic E-state index is -1.06. The first kappa shape index (κ1) is 26.1. The van der Waals surface area contributed by atoms with Crippen molar-refractivity contribution in [1.29, 1.82) is 0 Å². The fourth-order valence-electron chi connectivity index (χ4n) is 4.05. The number of carbonyl (C=O) groups excluding carboxylic acids is 2. The SMILES string of the molecule is COc1ccc(C2NC(=O)NC(CCc3cccc(Cl)c3)=C2C(=O)OCc2cc(F)cc(F)c2)cc1F. The van der Waals surface area contributed by atoms with Gasteiger partial charge in [-0.2, -0.15) is 0 Å². The molecule has 6 nitrogen and oxygen atoms in total. The fraction of sp³-hybridized carbons (Fsp3) is 0.185. The van der Waals surface area contributed by atoms with E-state index < -0.39 is 42.1 Å². The maximum Gasteiger partial charge on any atom is 0.338 e. The van der Waals surface area contributed by atoms with Crippen molar-refractivity contribution in [2.45, 2.75) is 25.5 Å². The number of rotatable bonds is 8. The summed E-state index contributed by atoms with van der Waals surface area (Å²) in [7, 11) is 1.32. The number of hydrogen-bond acceptors (Lipinski definition) is 4. The predicted octanol–water partition coefficient (Wildman–Crippen LogP) is 5.75. The zero-order chi connectivity index (χ0) is 26.5. The Morgan fingerprint density at radius 3 is 2.41 bits per heavy atom. The lowest BCUT2D eigenvalue weighted by Crippen LogP contribution is -2.46. The highest BCUT2D eigenvalue weighted by molar-refractivity contribution is 6.30. The van der Waals surface area contributed by atoms with Crippen molar-refractivity contribution in [1.82, 2.24) is 10.6 Å². The summed E-state index contributed by atoms with van der Waals surface area (Å²) in [4.78, 5) is 25.8. The van der Waals surface area contributed by atoms with Gasteiger partial charge >= 0.3 is 12.0 Å². The first-order valence-corrected chi connectivity index (χ1v) is 11.6. The van der Waals surface area contributed by atoms with E-state index in [1.54, 1.807) is 18.2 Å². The number of esters is 1. The Labute approximate surface area is 216 Å². The minimum absolute atomic E-state index is 0.00794. The molecule has 1 aliphatic rings. The molecule has 0 aromatic heterocycles. The first-order valence-electron chi connectivity index (χ1n) is 11.2. The van der Waals surface area contributed by atoms with Crippen LogP contribution in [0.25, 0.3) is 0 Å². The maximum absolute atomic E-state index is 14.5. The molecule has 0 saturated carbocycles. The van der Waals surface area contributed by atoms with Gasteiger partial charge in [-0.1, -0.05) is 29.8 Å². The Balaban J connectivity index is 1.68. The standard InChI is InChI=1S/C27H22ClF3N2O4/c1-36-23-8-6-17(12-21(23)31)25-24(26(34)37-14-16-10-19(29)13-20(30)11-16)22(32-27(35)33-25)7-5-15-3-2-4-18(28)9-15/h2-4,6,8-13,25H,5,7,14H2,1H3,(H2,32,33,35). The third-order valence-corrected chi connectivity index (χ3v) is 5.96. The van der Waals surface area contributed by atoms with E-state index in [-0.39, 0.29) is 34.6 Å². The van der Waals surface area contributed by atoms with E-state index in [1.165, 1.54) is 19.2 Å². The largest absolute Gasteiger partial charge is 0.494 e. The number of methoxy groups -OCH3 is 1. The van der Waals surface area contributed by atoms with Crippen LogP contribution in [0.5, 0.6) is 5.75 Å². The van der Waals surface area contributed by atoms with Crippen LogP contribution in [0.4, 0.5) is 18.0 Å². The molecular weight excluding hydrogens is 509 g/mol. The average molecular weight is 531 g/mol. The Kier molecular flexibility index (Phi) is 8.03. The lowest BCUT2D eigenvalue weighted by molar-refractivity contribution is -0.140. The van der Waals surface area contributed by atoms with Gasteiger partial charge in [0, 0.05) is 16.8 Å². The second-order valence-corrected chi connectivity index (χ2v) is 8.74. The Morgan fingerprint density at radius 2 is 1.73 bits per heavy atom. The normalized spacial score (nSPS) is 15.2. The van der Waals surface area contributed by atoms with Crippen molar-refractivity contribution >= 4 is 23.6 Å². The summed E-state index contributed by atoms with van der Waals surface area (Å²) in [5.41, 5.74) is 1.54. The van der Waals surface area contributed by atoms with E-state index in [0.717, 1.165) is 23.8 Å². The number of benzene rings is 3. The number of carbonyl (C=O) groups is 2. The number of urea groups is 1. The molecule has 10 heteroatoms. The third kappa shape index (κ3) is 6.42. The number of nitrogens with one attached hydrogen (secondary N) is 2. The third-order valence-electron chi connectivity index (χ3n) is 5.73. The molecule has 3 aromatic carbocycles. The van der Waals surface area contributed by atoms with E-state index in [0.29, 0.717) is 17.5 Å². The van der Waals surface area contributed by atoms with Gasteiger partial charge < -0.3 is 20.1 Å². The summed E-state index contributed by atoms with van der Waals surface area (Å²) in [6.45, 7) is -0.420. The maximum atomic E-state index is 14.5. The summed E-state index contributed by atoms with van der Waals surface area (Å²) in [6, 6.07) is 12.3. The Morgan fingerprint density at radius 1 is 0.973 bits per heavy atom. The van der Waals surface area contributed by atoms with Gasteiger partial charge in [-0.15, -0.1) is 0 Å². The van der Waals surface area contributed by atoms with Crippen LogP contribution in [0.1, 0.15) is 29.2 Å². The summed E-state index contributed by atoms with van der Waals surface area (Å²) in [5.74, 6) is -3.17. The second kappa shape index (κ2) is 11.4. The van der Waals surface area contributed by atoms with Gasteiger partial charge in [0.2, 0.25) is 0 Å².